The first kappa shape index (κ1) is 21.6. The normalized spacial score (nSPS) is 15.6. The number of amides is 1. The average Bonchev–Trinajstić information content (AvgIpc) is 3.44. The Morgan fingerprint density at radius 2 is 1.84 bits per heavy atom. The highest BCUT2D eigenvalue weighted by Crippen LogP contribution is 2.27. The highest BCUT2D eigenvalue weighted by Gasteiger charge is 2.24. The lowest BCUT2D eigenvalue weighted by atomic mass is 10.1. The molecule has 1 aliphatic rings. The molecular formula is C25H27N3O4. The summed E-state index contributed by atoms with van der Waals surface area (Å²) in [5.74, 6) is 0.442. The zero-order valence-electron chi connectivity index (χ0n) is 18.2. The van der Waals surface area contributed by atoms with Crippen LogP contribution in [0.3, 0.4) is 0 Å². The number of benzene rings is 2. The molecule has 32 heavy (non-hydrogen) atoms. The maximum atomic E-state index is 12.5. The first-order chi connectivity index (χ1) is 15.6. The van der Waals surface area contributed by atoms with Crippen LogP contribution in [-0.2, 0) is 4.79 Å². The summed E-state index contributed by atoms with van der Waals surface area (Å²) in [7, 11) is 0. The second-order valence-electron chi connectivity index (χ2n) is 7.60. The molecule has 1 saturated heterocycles. The monoisotopic (exact) mass is 433 g/mol. The molecule has 1 aliphatic heterocycles. The first-order valence-electron chi connectivity index (χ1n) is 10.9. The molecule has 7 nitrogen and oxygen atoms in total. The Balaban J connectivity index is 0.00000119. The van der Waals surface area contributed by atoms with Gasteiger partial charge in [-0.3, -0.25) is 9.59 Å². The Bertz CT molecular complexity index is 1310. The summed E-state index contributed by atoms with van der Waals surface area (Å²) >= 11 is 0. The van der Waals surface area contributed by atoms with Gasteiger partial charge >= 0.3 is 0 Å². The van der Waals surface area contributed by atoms with Crippen LogP contribution in [0.25, 0.3) is 33.1 Å². The number of aliphatic hydroxyl groups excluding tert-OH is 1. The van der Waals surface area contributed by atoms with Crippen molar-refractivity contribution in [2.75, 3.05) is 19.7 Å². The number of ether oxygens (including phenoxy) is 1. The van der Waals surface area contributed by atoms with Gasteiger partial charge < -0.3 is 24.7 Å². The number of carbonyl (C=O) groups is 1. The topological polar surface area (TPSA) is 98.4 Å². The molecule has 0 saturated carbocycles. The van der Waals surface area contributed by atoms with Crippen LogP contribution in [0.4, 0.5) is 0 Å². The molecule has 2 aromatic heterocycles. The van der Waals surface area contributed by atoms with Crippen LogP contribution in [0.15, 0.2) is 59.4 Å². The van der Waals surface area contributed by atoms with Crippen molar-refractivity contribution in [1.82, 2.24) is 14.9 Å². The minimum absolute atomic E-state index is 0.0696. The lowest BCUT2D eigenvalue weighted by Gasteiger charge is -2.15. The van der Waals surface area contributed by atoms with Crippen molar-refractivity contribution in [3.8, 4) is 17.0 Å². The van der Waals surface area contributed by atoms with Crippen molar-refractivity contribution in [3.63, 3.8) is 0 Å². The van der Waals surface area contributed by atoms with E-state index in [1.165, 1.54) is 0 Å². The van der Waals surface area contributed by atoms with E-state index in [1.54, 1.807) is 11.0 Å². The second-order valence-corrected chi connectivity index (χ2v) is 7.60. The number of pyridine rings is 1. The van der Waals surface area contributed by atoms with Crippen LogP contribution < -0.4 is 10.3 Å². The molecule has 166 valence electrons. The van der Waals surface area contributed by atoms with Gasteiger partial charge in [-0.2, -0.15) is 0 Å². The van der Waals surface area contributed by atoms with Crippen LogP contribution in [-0.4, -0.2) is 51.7 Å². The summed E-state index contributed by atoms with van der Waals surface area (Å²) < 4.78 is 5.67. The second kappa shape index (κ2) is 9.28. The molecule has 3 N–H and O–H groups in total. The molecule has 0 spiro atoms. The summed E-state index contributed by atoms with van der Waals surface area (Å²) in [4.78, 5) is 32.6. The highest BCUT2D eigenvalue weighted by atomic mass is 16.5. The van der Waals surface area contributed by atoms with Crippen LogP contribution in [0, 0.1) is 0 Å². The maximum Gasteiger partial charge on any atom is 0.260 e. The Kier molecular flexibility index (Phi) is 6.28. The van der Waals surface area contributed by atoms with Gasteiger partial charge in [-0.15, -0.1) is 0 Å². The number of fused-ring (bicyclic) bond motifs is 2. The number of hydrogen-bond acceptors (Lipinski definition) is 4. The van der Waals surface area contributed by atoms with Gasteiger partial charge in [0.15, 0.2) is 6.61 Å². The van der Waals surface area contributed by atoms with Gasteiger partial charge in [0.1, 0.15) is 5.75 Å². The van der Waals surface area contributed by atoms with Crippen molar-refractivity contribution >= 4 is 27.7 Å². The number of β-amino-alcohol motifs (C(OH)–C–C–N with tert-alkyl or cyclic N) is 1. The Hall–Kier alpha value is -3.58. The third kappa shape index (κ3) is 4.38. The Labute approximate surface area is 185 Å². The number of nitrogens with one attached hydrogen (secondary N) is 2. The summed E-state index contributed by atoms with van der Waals surface area (Å²) in [6.45, 7) is 4.85. The van der Waals surface area contributed by atoms with Gasteiger partial charge in [0.05, 0.1) is 17.4 Å². The van der Waals surface area contributed by atoms with Crippen molar-refractivity contribution in [3.05, 3.63) is 65.0 Å². The molecule has 2 aromatic carbocycles. The van der Waals surface area contributed by atoms with Crippen molar-refractivity contribution < 1.29 is 14.6 Å². The average molecular weight is 434 g/mol. The number of para-hydroxylation sites is 1. The smallest absolute Gasteiger partial charge is 0.260 e. The third-order valence-corrected chi connectivity index (χ3v) is 5.51. The van der Waals surface area contributed by atoms with E-state index in [4.69, 9.17) is 4.74 Å². The molecule has 0 aliphatic carbocycles. The first-order valence-corrected chi connectivity index (χ1v) is 10.9. The fourth-order valence-corrected chi connectivity index (χ4v) is 3.90. The summed E-state index contributed by atoms with van der Waals surface area (Å²) in [5, 5.41) is 11.4. The SMILES string of the molecule is CC.O=C(COc1ccc2[nH]c(-c3cc4ccccc4[nH]c3=O)cc2c1)N1CCC(O)C1. The maximum absolute atomic E-state index is 12.5. The van der Waals surface area contributed by atoms with E-state index in [1.807, 2.05) is 62.4 Å². The molecule has 0 bridgehead atoms. The predicted octanol–water partition coefficient (Wildman–Crippen LogP) is 3.67. The van der Waals surface area contributed by atoms with E-state index < -0.39 is 6.10 Å². The number of aromatic amines is 2. The molecule has 1 amide bonds. The Morgan fingerprint density at radius 3 is 2.62 bits per heavy atom. The van der Waals surface area contributed by atoms with Crippen molar-refractivity contribution in [2.45, 2.75) is 26.4 Å². The van der Waals surface area contributed by atoms with Gasteiger partial charge in [0.25, 0.3) is 11.5 Å². The van der Waals surface area contributed by atoms with Crippen molar-refractivity contribution in [2.24, 2.45) is 0 Å². The van der Waals surface area contributed by atoms with Gasteiger partial charge in [-0.1, -0.05) is 32.0 Å². The van der Waals surface area contributed by atoms with E-state index >= 15 is 0 Å². The zero-order valence-corrected chi connectivity index (χ0v) is 18.2. The third-order valence-electron chi connectivity index (χ3n) is 5.51. The summed E-state index contributed by atoms with van der Waals surface area (Å²) in [6, 6.07) is 16.9. The van der Waals surface area contributed by atoms with Gasteiger partial charge in [-0.05, 0) is 48.2 Å². The standard InChI is InChI=1S/C23H21N3O4.C2H6/c27-16-7-8-26(12-16)22(28)13-30-17-5-6-20-15(9-17)11-21(24-20)18-10-14-3-1-2-4-19(14)25-23(18)29;1-2/h1-6,9-11,16,24,27H,7-8,12-13H2,(H,25,29);1-2H3. The number of nitrogens with zero attached hydrogens (tertiary/aromatic N) is 1. The van der Waals surface area contributed by atoms with E-state index in [0.29, 0.717) is 30.8 Å². The van der Waals surface area contributed by atoms with Gasteiger partial charge in [-0.25, -0.2) is 0 Å². The van der Waals surface area contributed by atoms with Crippen molar-refractivity contribution in [1.29, 1.82) is 0 Å². The van der Waals surface area contributed by atoms with E-state index in [-0.39, 0.29) is 18.1 Å². The number of aromatic nitrogens is 2. The fourth-order valence-electron chi connectivity index (χ4n) is 3.90. The number of H-pyrrole nitrogens is 2. The van der Waals surface area contributed by atoms with E-state index in [0.717, 1.165) is 27.5 Å². The van der Waals surface area contributed by atoms with Crippen LogP contribution in [0.1, 0.15) is 20.3 Å². The van der Waals surface area contributed by atoms with Crippen LogP contribution in [0.2, 0.25) is 0 Å². The fraction of sp³-hybridized carbons (Fsp3) is 0.280. The molecule has 1 atom stereocenters. The zero-order chi connectivity index (χ0) is 22.7. The molecule has 1 fully saturated rings. The minimum Gasteiger partial charge on any atom is -0.484 e. The number of hydrogen-bond donors (Lipinski definition) is 3. The number of carbonyl (C=O) groups excluding carboxylic acids is 1. The number of aliphatic hydroxyl groups is 1. The highest BCUT2D eigenvalue weighted by molar-refractivity contribution is 5.89. The molecule has 4 aromatic rings. The molecule has 1 unspecified atom stereocenters. The molecule has 5 rings (SSSR count). The molecular weight excluding hydrogens is 406 g/mol. The number of likely N-dealkylation sites (tertiary alicyclic amines) is 1. The van der Waals surface area contributed by atoms with Gasteiger partial charge in [0, 0.05) is 29.5 Å². The quantitative estimate of drug-likeness (QED) is 0.457. The largest absolute Gasteiger partial charge is 0.484 e. The molecule has 3 heterocycles. The predicted molar refractivity (Wildman–Crippen MR) is 126 cm³/mol. The molecule has 0 radical (unpaired) electrons. The lowest BCUT2D eigenvalue weighted by Crippen LogP contribution is -2.33. The van der Waals surface area contributed by atoms with Gasteiger partial charge in [0.2, 0.25) is 0 Å². The summed E-state index contributed by atoms with van der Waals surface area (Å²) in [6.07, 6.45) is 0.166. The minimum atomic E-state index is -0.443. The van der Waals surface area contributed by atoms with Crippen LogP contribution in [0.5, 0.6) is 5.75 Å². The number of rotatable bonds is 4. The van der Waals surface area contributed by atoms with E-state index in [9.17, 15) is 14.7 Å². The van der Waals surface area contributed by atoms with Crippen LogP contribution >= 0.6 is 0 Å². The lowest BCUT2D eigenvalue weighted by molar-refractivity contribution is -0.132. The van der Waals surface area contributed by atoms with E-state index in [2.05, 4.69) is 9.97 Å². The Morgan fingerprint density at radius 1 is 1.06 bits per heavy atom. The summed E-state index contributed by atoms with van der Waals surface area (Å²) in [5.41, 5.74) is 2.80. The molecule has 7 heteroatoms.